The molecule has 1 aliphatic carbocycles. The maximum atomic E-state index is 12.6. The summed E-state index contributed by atoms with van der Waals surface area (Å²) < 4.78 is 0. The van der Waals surface area contributed by atoms with Crippen molar-refractivity contribution in [2.75, 3.05) is 24.5 Å². The van der Waals surface area contributed by atoms with E-state index in [1.54, 1.807) is 0 Å². The van der Waals surface area contributed by atoms with E-state index in [1.807, 2.05) is 24.3 Å². The Labute approximate surface area is 123 Å². The molecule has 0 bridgehead atoms. The predicted octanol–water partition coefficient (Wildman–Crippen LogP) is 2.31. The molecule has 2 atom stereocenters. The fourth-order valence-corrected chi connectivity index (χ4v) is 3.88. The molecule has 21 heavy (non-hydrogen) atoms. The zero-order valence-corrected chi connectivity index (χ0v) is 11.7. The third kappa shape index (κ3) is 1.49. The van der Waals surface area contributed by atoms with Crippen molar-refractivity contribution < 1.29 is 4.79 Å². The highest BCUT2D eigenvalue weighted by molar-refractivity contribution is 6.22. The van der Waals surface area contributed by atoms with E-state index in [0.717, 1.165) is 47.8 Å². The lowest BCUT2D eigenvalue weighted by Gasteiger charge is -2.29. The molecule has 3 heteroatoms. The first kappa shape index (κ1) is 11.5. The van der Waals surface area contributed by atoms with Crippen LogP contribution in [0.5, 0.6) is 0 Å². The minimum Gasteiger partial charge on any atom is -0.370 e. The normalized spacial score (nSPS) is 25.3. The minimum absolute atomic E-state index is 0.169. The number of nitrogens with one attached hydrogen (secondary N) is 1. The molecular weight excluding hydrogens is 260 g/mol. The van der Waals surface area contributed by atoms with Gasteiger partial charge >= 0.3 is 0 Å². The first-order valence-corrected chi connectivity index (χ1v) is 7.58. The Kier molecular flexibility index (Phi) is 2.17. The van der Waals surface area contributed by atoms with E-state index >= 15 is 0 Å². The van der Waals surface area contributed by atoms with Crippen molar-refractivity contribution in [3.05, 3.63) is 53.6 Å². The van der Waals surface area contributed by atoms with Crippen LogP contribution in [0.4, 0.5) is 5.69 Å². The molecule has 104 valence electrons. The minimum atomic E-state index is 0.169. The van der Waals surface area contributed by atoms with E-state index in [4.69, 9.17) is 0 Å². The van der Waals surface area contributed by atoms with Crippen LogP contribution in [0.25, 0.3) is 11.1 Å². The molecule has 2 aliphatic heterocycles. The summed E-state index contributed by atoms with van der Waals surface area (Å²) in [6.07, 6.45) is 0. The number of benzene rings is 2. The van der Waals surface area contributed by atoms with E-state index < -0.39 is 0 Å². The van der Waals surface area contributed by atoms with Crippen molar-refractivity contribution in [1.82, 2.24) is 5.32 Å². The van der Waals surface area contributed by atoms with Crippen LogP contribution in [-0.4, -0.2) is 31.5 Å². The van der Waals surface area contributed by atoms with Gasteiger partial charge in [-0.05, 0) is 23.3 Å². The van der Waals surface area contributed by atoms with Crippen LogP contribution in [0.1, 0.15) is 15.9 Å². The quantitative estimate of drug-likeness (QED) is 0.740. The molecule has 0 amide bonds. The standard InChI is InChI=1S/C18H16N2O/c21-18-15-4-2-1-3-13(15)14-6-5-12(7-16(14)18)20-9-11-8-19-17(11)10-20/h1-7,11,17,19H,8-10H2/t11-,17-/m1/s1. The smallest absolute Gasteiger partial charge is 0.194 e. The summed E-state index contributed by atoms with van der Waals surface area (Å²) in [6, 6.07) is 14.9. The molecule has 2 fully saturated rings. The maximum absolute atomic E-state index is 12.6. The monoisotopic (exact) mass is 276 g/mol. The average Bonchev–Trinajstić information content (AvgIpc) is 2.96. The Balaban J connectivity index is 1.57. The van der Waals surface area contributed by atoms with E-state index in [0.29, 0.717) is 6.04 Å². The lowest BCUT2D eigenvalue weighted by atomic mass is 9.96. The van der Waals surface area contributed by atoms with Gasteiger partial charge in [-0.1, -0.05) is 30.3 Å². The number of carbonyl (C=O) groups is 1. The second-order valence-electron chi connectivity index (χ2n) is 6.28. The van der Waals surface area contributed by atoms with Crippen molar-refractivity contribution >= 4 is 11.5 Å². The number of carbonyl (C=O) groups excluding carboxylic acids is 1. The summed E-state index contributed by atoms with van der Waals surface area (Å²) in [5.74, 6) is 0.953. The van der Waals surface area contributed by atoms with Crippen LogP contribution in [-0.2, 0) is 0 Å². The summed E-state index contributed by atoms with van der Waals surface area (Å²) >= 11 is 0. The van der Waals surface area contributed by atoms with Gasteiger partial charge in [-0.15, -0.1) is 0 Å². The van der Waals surface area contributed by atoms with Gasteiger partial charge in [0.05, 0.1) is 0 Å². The lowest BCUT2D eigenvalue weighted by Crippen LogP contribution is -2.51. The van der Waals surface area contributed by atoms with Crippen molar-refractivity contribution in [3.8, 4) is 11.1 Å². The van der Waals surface area contributed by atoms with Crippen molar-refractivity contribution in [1.29, 1.82) is 0 Å². The van der Waals surface area contributed by atoms with Crippen LogP contribution < -0.4 is 10.2 Å². The number of anilines is 1. The second-order valence-corrected chi connectivity index (χ2v) is 6.28. The fraction of sp³-hybridized carbons (Fsp3) is 0.278. The number of hydrogen-bond acceptors (Lipinski definition) is 3. The molecule has 2 heterocycles. The van der Waals surface area contributed by atoms with Gasteiger partial charge in [0.25, 0.3) is 0 Å². The molecule has 3 aliphatic rings. The Bertz CT molecular complexity index is 756. The summed E-state index contributed by atoms with van der Waals surface area (Å²) in [5, 5.41) is 3.47. The van der Waals surface area contributed by atoms with Crippen LogP contribution >= 0.6 is 0 Å². The molecule has 0 aromatic heterocycles. The summed E-state index contributed by atoms with van der Waals surface area (Å²) in [6.45, 7) is 3.30. The maximum Gasteiger partial charge on any atom is 0.194 e. The van der Waals surface area contributed by atoms with E-state index in [9.17, 15) is 4.79 Å². The number of ketones is 1. The fourth-order valence-electron chi connectivity index (χ4n) is 3.88. The molecule has 0 radical (unpaired) electrons. The third-order valence-corrected chi connectivity index (χ3v) is 5.16. The van der Waals surface area contributed by atoms with Gasteiger partial charge < -0.3 is 10.2 Å². The third-order valence-electron chi connectivity index (χ3n) is 5.16. The molecule has 3 nitrogen and oxygen atoms in total. The Morgan fingerprint density at radius 2 is 1.76 bits per heavy atom. The number of fused-ring (bicyclic) bond motifs is 4. The molecular formula is C18H16N2O. The van der Waals surface area contributed by atoms with Gasteiger partial charge in [-0.25, -0.2) is 0 Å². The number of hydrogen-bond donors (Lipinski definition) is 1. The van der Waals surface area contributed by atoms with Crippen LogP contribution in [0, 0.1) is 5.92 Å². The van der Waals surface area contributed by atoms with Gasteiger partial charge in [0.2, 0.25) is 0 Å². The molecule has 0 unspecified atom stereocenters. The number of nitrogens with zero attached hydrogens (tertiary/aromatic N) is 1. The van der Waals surface area contributed by atoms with Crippen LogP contribution in [0.15, 0.2) is 42.5 Å². The molecule has 2 saturated heterocycles. The highest BCUT2D eigenvalue weighted by Gasteiger charge is 2.39. The van der Waals surface area contributed by atoms with Crippen LogP contribution in [0.3, 0.4) is 0 Å². The highest BCUT2D eigenvalue weighted by Crippen LogP contribution is 2.39. The van der Waals surface area contributed by atoms with E-state index in [-0.39, 0.29) is 5.78 Å². The Morgan fingerprint density at radius 3 is 2.48 bits per heavy atom. The first-order chi connectivity index (χ1) is 10.3. The zero-order chi connectivity index (χ0) is 14.0. The molecule has 2 aromatic rings. The molecule has 0 spiro atoms. The van der Waals surface area contributed by atoms with Gasteiger partial charge in [-0.2, -0.15) is 0 Å². The predicted molar refractivity (Wildman–Crippen MR) is 82.8 cm³/mol. The summed E-state index contributed by atoms with van der Waals surface area (Å²) in [4.78, 5) is 15.0. The average molecular weight is 276 g/mol. The topological polar surface area (TPSA) is 32.3 Å². The molecule has 1 N–H and O–H groups in total. The van der Waals surface area contributed by atoms with E-state index in [1.165, 1.54) is 5.69 Å². The Morgan fingerprint density at radius 1 is 0.952 bits per heavy atom. The van der Waals surface area contributed by atoms with Gasteiger partial charge in [-0.3, -0.25) is 4.79 Å². The second kappa shape index (κ2) is 3.95. The molecule has 5 rings (SSSR count). The van der Waals surface area contributed by atoms with Gasteiger partial charge in [0.1, 0.15) is 0 Å². The van der Waals surface area contributed by atoms with Gasteiger partial charge in [0, 0.05) is 48.4 Å². The highest BCUT2D eigenvalue weighted by atomic mass is 16.1. The lowest BCUT2D eigenvalue weighted by molar-refractivity contribution is 0.104. The summed E-state index contributed by atoms with van der Waals surface area (Å²) in [7, 11) is 0. The molecule has 0 saturated carbocycles. The zero-order valence-electron chi connectivity index (χ0n) is 11.7. The van der Waals surface area contributed by atoms with Gasteiger partial charge in [0.15, 0.2) is 5.78 Å². The van der Waals surface area contributed by atoms with Crippen molar-refractivity contribution in [3.63, 3.8) is 0 Å². The largest absolute Gasteiger partial charge is 0.370 e. The van der Waals surface area contributed by atoms with Crippen LogP contribution in [0.2, 0.25) is 0 Å². The Hall–Kier alpha value is -2.13. The molecule has 2 aromatic carbocycles. The number of rotatable bonds is 1. The summed E-state index contributed by atoms with van der Waals surface area (Å²) in [5.41, 5.74) is 5.05. The van der Waals surface area contributed by atoms with E-state index in [2.05, 4.69) is 28.4 Å². The van der Waals surface area contributed by atoms with Crippen molar-refractivity contribution in [2.45, 2.75) is 6.04 Å². The SMILES string of the molecule is O=C1c2ccccc2-c2ccc(N3C[C@H]4CN[C@@H]4C3)cc21. The first-order valence-electron chi connectivity index (χ1n) is 7.58. The van der Waals surface area contributed by atoms with Crippen molar-refractivity contribution in [2.24, 2.45) is 5.92 Å².